The van der Waals surface area contributed by atoms with E-state index in [1.165, 1.54) is 0 Å². The Bertz CT molecular complexity index is 1060. The summed E-state index contributed by atoms with van der Waals surface area (Å²) in [6.45, 7) is 5.85. The van der Waals surface area contributed by atoms with Crippen LogP contribution < -0.4 is 5.32 Å². The van der Waals surface area contributed by atoms with Crippen molar-refractivity contribution in [2.45, 2.75) is 58.2 Å². The van der Waals surface area contributed by atoms with Crippen LogP contribution in [0.4, 0.5) is 0 Å². The molecule has 2 unspecified atom stereocenters. The first kappa shape index (κ1) is 26.8. The van der Waals surface area contributed by atoms with Gasteiger partial charge in [-0.15, -0.1) is 0 Å². The summed E-state index contributed by atoms with van der Waals surface area (Å²) in [5, 5.41) is 3.93. The predicted octanol–water partition coefficient (Wildman–Crippen LogP) is 6.85. The fourth-order valence-electron chi connectivity index (χ4n) is 3.99. The van der Waals surface area contributed by atoms with E-state index in [0.717, 1.165) is 17.5 Å². The van der Waals surface area contributed by atoms with Gasteiger partial charge in [-0.1, -0.05) is 96.9 Å². The molecule has 0 spiro atoms. The summed E-state index contributed by atoms with van der Waals surface area (Å²) >= 11 is 12.9. The topological polar surface area (TPSA) is 49.4 Å². The van der Waals surface area contributed by atoms with Crippen molar-refractivity contribution in [3.63, 3.8) is 0 Å². The number of hydrogen-bond acceptors (Lipinski definition) is 2. The van der Waals surface area contributed by atoms with E-state index in [2.05, 4.69) is 5.32 Å². The molecule has 0 heterocycles. The molecule has 0 radical (unpaired) electrons. The number of nitrogens with zero attached hydrogens (tertiary/aromatic N) is 1. The summed E-state index contributed by atoms with van der Waals surface area (Å²) in [6, 6.07) is 24.5. The smallest absolute Gasteiger partial charge is 0.242 e. The van der Waals surface area contributed by atoms with Crippen LogP contribution in [0.2, 0.25) is 10.0 Å². The minimum Gasteiger partial charge on any atom is -0.352 e. The maximum Gasteiger partial charge on any atom is 0.242 e. The van der Waals surface area contributed by atoms with Gasteiger partial charge < -0.3 is 10.2 Å². The molecule has 3 rings (SSSR count). The summed E-state index contributed by atoms with van der Waals surface area (Å²) < 4.78 is 0. The zero-order chi connectivity index (χ0) is 25.4. The van der Waals surface area contributed by atoms with Crippen LogP contribution in [0.25, 0.3) is 0 Å². The average Bonchev–Trinajstić information content (AvgIpc) is 2.87. The second kappa shape index (κ2) is 12.8. The van der Waals surface area contributed by atoms with Crippen molar-refractivity contribution in [1.82, 2.24) is 10.2 Å². The summed E-state index contributed by atoms with van der Waals surface area (Å²) in [5.41, 5.74) is 2.71. The van der Waals surface area contributed by atoms with Crippen molar-refractivity contribution < 1.29 is 9.59 Å². The van der Waals surface area contributed by atoms with Crippen LogP contribution in [-0.2, 0) is 16.1 Å². The van der Waals surface area contributed by atoms with E-state index in [9.17, 15) is 9.59 Å². The Morgan fingerprint density at radius 3 is 1.83 bits per heavy atom. The van der Waals surface area contributed by atoms with Crippen LogP contribution in [0.5, 0.6) is 0 Å². The van der Waals surface area contributed by atoms with Crippen molar-refractivity contribution in [3.05, 3.63) is 106 Å². The highest BCUT2D eigenvalue weighted by Crippen LogP contribution is 2.31. The number of hydrogen-bond donors (Lipinski definition) is 1. The van der Waals surface area contributed by atoms with Crippen LogP contribution in [0.1, 0.15) is 56.2 Å². The molecule has 2 atom stereocenters. The number of carbonyl (C=O) groups excluding carboxylic acids is 2. The van der Waals surface area contributed by atoms with E-state index in [0.29, 0.717) is 15.6 Å². The fraction of sp³-hybridized carbons (Fsp3) is 0.310. The average molecular weight is 511 g/mol. The van der Waals surface area contributed by atoms with Gasteiger partial charge in [0.05, 0.1) is 0 Å². The Labute approximate surface area is 218 Å². The third kappa shape index (κ3) is 7.09. The van der Waals surface area contributed by atoms with Crippen LogP contribution in [-0.4, -0.2) is 28.8 Å². The van der Waals surface area contributed by atoms with Crippen molar-refractivity contribution in [3.8, 4) is 0 Å². The maximum absolute atomic E-state index is 13.9. The third-order valence-electron chi connectivity index (χ3n) is 6.34. The molecule has 0 fully saturated rings. The highest BCUT2D eigenvalue weighted by molar-refractivity contribution is 6.36. The van der Waals surface area contributed by atoms with Gasteiger partial charge >= 0.3 is 0 Å². The van der Waals surface area contributed by atoms with Gasteiger partial charge in [0.2, 0.25) is 11.8 Å². The summed E-state index contributed by atoms with van der Waals surface area (Å²) in [6.07, 6.45) is 1.00. The van der Waals surface area contributed by atoms with Gasteiger partial charge in [0.15, 0.2) is 0 Å². The lowest BCUT2D eigenvalue weighted by molar-refractivity contribution is -0.141. The highest BCUT2D eigenvalue weighted by atomic mass is 35.5. The molecule has 0 bridgehead atoms. The Balaban J connectivity index is 1.96. The molecule has 0 saturated carbocycles. The molecule has 3 aromatic carbocycles. The number of halogens is 2. The lowest BCUT2D eigenvalue weighted by Gasteiger charge is -2.31. The predicted molar refractivity (Wildman–Crippen MR) is 144 cm³/mol. The molecule has 0 saturated heterocycles. The summed E-state index contributed by atoms with van der Waals surface area (Å²) in [4.78, 5) is 28.5. The van der Waals surface area contributed by atoms with Crippen LogP contribution >= 0.6 is 23.2 Å². The van der Waals surface area contributed by atoms with Crippen molar-refractivity contribution in [2.75, 3.05) is 0 Å². The molecular weight excluding hydrogens is 479 g/mol. The second-order valence-corrected chi connectivity index (χ2v) is 9.61. The number of benzene rings is 3. The van der Waals surface area contributed by atoms with Crippen LogP contribution in [0.3, 0.4) is 0 Å². The molecule has 1 N–H and O–H groups in total. The van der Waals surface area contributed by atoms with E-state index in [-0.39, 0.29) is 36.7 Å². The van der Waals surface area contributed by atoms with E-state index in [1.54, 1.807) is 30.0 Å². The molecule has 0 aliphatic rings. The molecule has 3 aromatic rings. The van der Waals surface area contributed by atoms with Crippen LogP contribution in [0.15, 0.2) is 78.9 Å². The van der Waals surface area contributed by atoms with Crippen LogP contribution in [0, 0.1) is 0 Å². The Morgan fingerprint density at radius 2 is 1.34 bits per heavy atom. The Morgan fingerprint density at radius 1 is 0.829 bits per heavy atom. The highest BCUT2D eigenvalue weighted by Gasteiger charge is 2.30. The molecule has 6 heteroatoms. The van der Waals surface area contributed by atoms with E-state index in [4.69, 9.17) is 23.2 Å². The third-order valence-corrected chi connectivity index (χ3v) is 7.05. The normalized spacial score (nSPS) is 12.7. The lowest BCUT2D eigenvalue weighted by atomic mass is 9.88. The molecule has 2 amide bonds. The molecular formula is C29H32Cl2N2O2. The molecule has 4 nitrogen and oxygen atoms in total. The molecule has 0 aromatic heterocycles. The minimum absolute atomic E-state index is 0.00666. The summed E-state index contributed by atoms with van der Waals surface area (Å²) in [5.74, 6) is -0.503. The van der Waals surface area contributed by atoms with Crippen molar-refractivity contribution in [1.29, 1.82) is 0 Å². The molecule has 0 aliphatic heterocycles. The number of nitrogens with one attached hydrogen (secondary N) is 1. The summed E-state index contributed by atoms with van der Waals surface area (Å²) in [7, 11) is 0. The first-order valence-electron chi connectivity index (χ1n) is 11.9. The van der Waals surface area contributed by atoms with Gasteiger partial charge in [-0.25, -0.2) is 0 Å². The van der Waals surface area contributed by atoms with Gasteiger partial charge in [-0.05, 0) is 43.5 Å². The Hall–Kier alpha value is -2.82. The molecule has 35 heavy (non-hydrogen) atoms. The van der Waals surface area contributed by atoms with Crippen molar-refractivity contribution >= 4 is 35.0 Å². The van der Waals surface area contributed by atoms with Crippen molar-refractivity contribution in [2.24, 2.45) is 0 Å². The minimum atomic E-state index is -0.698. The number of amides is 2. The number of carbonyl (C=O) groups is 2. The number of rotatable bonds is 10. The standard InChI is InChI=1S/C29H32Cl2N2O2/c1-4-20(2)32-29(35)21(3)33(19-25-26(30)16-11-17-27(25)31)28(34)18-24(22-12-7-5-8-13-22)23-14-9-6-10-15-23/h5-17,20-21,24H,4,18-19H2,1-3H3,(H,32,35). The maximum atomic E-state index is 13.9. The lowest BCUT2D eigenvalue weighted by Crippen LogP contribution is -2.49. The van der Waals surface area contributed by atoms with Gasteiger partial charge in [0.1, 0.15) is 6.04 Å². The zero-order valence-corrected chi connectivity index (χ0v) is 21.9. The SMILES string of the molecule is CCC(C)NC(=O)C(C)N(Cc1c(Cl)cccc1Cl)C(=O)CC(c1ccccc1)c1ccccc1. The monoisotopic (exact) mass is 510 g/mol. The van der Waals surface area contributed by atoms with Gasteiger partial charge in [0.25, 0.3) is 0 Å². The molecule has 0 aliphatic carbocycles. The van der Waals surface area contributed by atoms with E-state index >= 15 is 0 Å². The molecule has 184 valence electrons. The fourth-order valence-corrected chi connectivity index (χ4v) is 4.51. The Kier molecular flexibility index (Phi) is 9.76. The first-order chi connectivity index (χ1) is 16.8. The van der Waals surface area contributed by atoms with E-state index < -0.39 is 6.04 Å². The largest absolute Gasteiger partial charge is 0.352 e. The van der Waals surface area contributed by atoms with Gasteiger partial charge in [0, 0.05) is 40.5 Å². The second-order valence-electron chi connectivity index (χ2n) is 8.79. The van der Waals surface area contributed by atoms with Gasteiger partial charge in [-0.2, -0.15) is 0 Å². The van der Waals surface area contributed by atoms with E-state index in [1.807, 2.05) is 74.5 Å². The zero-order valence-electron chi connectivity index (χ0n) is 20.4. The quantitative estimate of drug-likeness (QED) is 0.324. The van der Waals surface area contributed by atoms with Gasteiger partial charge in [-0.3, -0.25) is 9.59 Å². The first-order valence-corrected chi connectivity index (χ1v) is 12.7.